The number of nitrogens with one attached hydrogen (secondary N) is 2. The maximum Gasteiger partial charge on any atom is 0.177 e. The second-order valence-corrected chi connectivity index (χ2v) is 3.74. The van der Waals surface area contributed by atoms with Crippen molar-refractivity contribution in [2.45, 2.75) is 26.8 Å². The topological polar surface area (TPSA) is 53.6 Å². The Morgan fingerprint density at radius 1 is 1.47 bits per heavy atom. The summed E-state index contributed by atoms with van der Waals surface area (Å²) in [4.78, 5) is 11.9. The summed E-state index contributed by atoms with van der Waals surface area (Å²) < 4.78 is 0. The average molecular weight is 204 g/mol. The number of hydrogen-bond acceptors (Lipinski definition) is 3. The lowest BCUT2D eigenvalue weighted by atomic mass is 10.3. The molecule has 0 aliphatic heterocycles. The van der Waals surface area contributed by atoms with Crippen LogP contribution in [-0.2, 0) is 6.54 Å². The van der Waals surface area contributed by atoms with Gasteiger partial charge in [-0.2, -0.15) is 0 Å². The summed E-state index contributed by atoms with van der Waals surface area (Å²) >= 11 is 0. The Morgan fingerprint density at radius 2 is 2.33 bits per heavy atom. The molecule has 0 atom stereocenters. The van der Waals surface area contributed by atoms with Crippen molar-refractivity contribution in [2.75, 3.05) is 6.54 Å². The van der Waals surface area contributed by atoms with Gasteiger partial charge in [0.15, 0.2) is 5.65 Å². The van der Waals surface area contributed by atoms with Crippen LogP contribution in [0.3, 0.4) is 0 Å². The monoisotopic (exact) mass is 204 g/mol. The van der Waals surface area contributed by atoms with Gasteiger partial charge in [-0.1, -0.05) is 6.92 Å². The number of aromatic nitrogens is 3. The molecule has 4 nitrogen and oxygen atoms in total. The summed E-state index contributed by atoms with van der Waals surface area (Å²) in [5.74, 6) is 0.955. The van der Waals surface area contributed by atoms with E-state index in [-0.39, 0.29) is 0 Å². The molecule has 0 bridgehead atoms. The first-order chi connectivity index (χ1) is 7.29. The molecule has 2 aromatic heterocycles. The van der Waals surface area contributed by atoms with E-state index in [1.807, 2.05) is 13.1 Å². The number of aromatic amines is 1. The molecule has 0 amide bonds. The van der Waals surface area contributed by atoms with Crippen LogP contribution in [0.4, 0.5) is 0 Å². The molecule has 2 heterocycles. The molecule has 0 aromatic carbocycles. The van der Waals surface area contributed by atoms with Crippen molar-refractivity contribution < 1.29 is 0 Å². The quantitative estimate of drug-likeness (QED) is 0.746. The van der Waals surface area contributed by atoms with E-state index >= 15 is 0 Å². The molecule has 0 saturated carbocycles. The molecule has 4 heteroatoms. The van der Waals surface area contributed by atoms with E-state index in [0.717, 1.165) is 42.1 Å². The second-order valence-electron chi connectivity index (χ2n) is 3.74. The van der Waals surface area contributed by atoms with Crippen LogP contribution < -0.4 is 5.32 Å². The minimum absolute atomic E-state index is 0.781. The molecular weight excluding hydrogens is 188 g/mol. The van der Waals surface area contributed by atoms with Crippen LogP contribution >= 0.6 is 0 Å². The molecule has 0 fully saturated rings. The maximum absolute atomic E-state index is 4.40. The third-order valence-corrected chi connectivity index (χ3v) is 2.24. The van der Waals surface area contributed by atoms with E-state index in [1.165, 1.54) is 0 Å². The fourth-order valence-corrected chi connectivity index (χ4v) is 1.52. The van der Waals surface area contributed by atoms with E-state index in [4.69, 9.17) is 0 Å². The fraction of sp³-hybridized carbons (Fsp3) is 0.455. The first kappa shape index (κ1) is 10.1. The highest BCUT2D eigenvalue weighted by Crippen LogP contribution is 2.09. The van der Waals surface area contributed by atoms with E-state index in [9.17, 15) is 0 Å². The van der Waals surface area contributed by atoms with Gasteiger partial charge in [0.1, 0.15) is 5.82 Å². The first-order valence-corrected chi connectivity index (χ1v) is 5.31. The van der Waals surface area contributed by atoms with Crippen LogP contribution in [0.25, 0.3) is 11.2 Å². The summed E-state index contributed by atoms with van der Waals surface area (Å²) in [6.07, 6.45) is 2.98. The molecule has 0 saturated heterocycles. The molecule has 80 valence electrons. The van der Waals surface area contributed by atoms with Crippen molar-refractivity contribution >= 4 is 11.2 Å². The SMILES string of the molecule is CCCNCc1nc2ncc(C)cc2[nH]1. The smallest absolute Gasteiger partial charge is 0.177 e. The van der Waals surface area contributed by atoms with Crippen LogP contribution in [0, 0.1) is 6.92 Å². The van der Waals surface area contributed by atoms with Crippen molar-refractivity contribution in [2.24, 2.45) is 0 Å². The van der Waals surface area contributed by atoms with Gasteiger partial charge in [-0.25, -0.2) is 9.97 Å². The maximum atomic E-state index is 4.40. The lowest BCUT2D eigenvalue weighted by Crippen LogP contribution is -2.14. The highest BCUT2D eigenvalue weighted by Gasteiger charge is 2.02. The van der Waals surface area contributed by atoms with Crippen molar-refractivity contribution in [3.8, 4) is 0 Å². The van der Waals surface area contributed by atoms with Crippen LogP contribution in [-0.4, -0.2) is 21.5 Å². The highest BCUT2D eigenvalue weighted by atomic mass is 15.0. The fourth-order valence-electron chi connectivity index (χ4n) is 1.52. The standard InChI is InChI=1S/C11H16N4/c1-3-4-12-7-10-14-9-5-8(2)6-13-11(9)15-10/h5-6,12H,3-4,7H2,1-2H3,(H,13,14,15). The van der Waals surface area contributed by atoms with Gasteiger partial charge in [-0.15, -0.1) is 0 Å². The van der Waals surface area contributed by atoms with Crippen LogP contribution in [0.2, 0.25) is 0 Å². The lowest BCUT2D eigenvalue weighted by molar-refractivity contribution is 0.656. The third kappa shape index (κ3) is 2.33. The summed E-state index contributed by atoms with van der Waals surface area (Å²) in [7, 11) is 0. The Labute approximate surface area is 89.1 Å². The molecule has 2 aromatic rings. The van der Waals surface area contributed by atoms with Gasteiger partial charge >= 0.3 is 0 Å². The molecule has 2 rings (SSSR count). The predicted octanol–water partition coefficient (Wildman–Crippen LogP) is 1.77. The number of imidazole rings is 1. The summed E-state index contributed by atoms with van der Waals surface area (Å²) in [5, 5.41) is 3.31. The molecule has 0 radical (unpaired) electrons. The zero-order valence-corrected chi connectivity index (χ0v) is 9.17. The van der Waals surface area contributed by atoms with Crippen LogP contribution in [0.5, 0.6) is 0 Å². The minimum atomic E-state index is 0.781. The van der Waals surface area contributed by atoms with Crippen LogP contribution in [0.1, 0.15) is 24.7 Å². The average Bonchev–Trinajstić information content (AvgIpc) is 2.60. The highest BCUT2D eigenvalue weighted by molar-refractivity contribution is 5.70. The normalized spacial score (nSPS) is 11.1. The Bertz CT molecular complexity index is 447. The number of rotatable bonds is 4. The van der Waals surface area contributed by atoms with E-state index < -0.39 is 0 Å². The number of aryl methyl sites for hydroxylation is 1. The molecule has 0 aliphatic rings. The van der Waals surface area contributed by atoms with Gasteiger partial charge < -0.3 is 10.3 Å². The molecule has 0 unspecified atom stereocenters. The number of hydrogen-bond donors (Lipinski definition) is 2. The Morgan fingerprint density at radius 3 is 3.13 bits per heavy atom. The number of pyridine rings is 1. The van der Waals surface area contributed by atoms with E-state index in [0.29, 0.717) is 0 Å². The number of fused-ring (bicyclic) bond motifs is 1. The second kappa shape index (κ2) is 4.40. The van der Waals surface area contributed by atoms with Gasteiger partial charge in [0.2, 0.25) is 0 Å². The summed E-state index contributed by atoms with van der Waals surface area (Å²) in [5.41, 5.74) is 2.97. The summed E-state index contributed by atoms with van der Waals surface area (Å²) in [6, 6.07) is 2.07. The first-order valence-electron chi connectivity index (χ1n) is 5.31. The summed E-state index contributed by atoms with van der Waals surface area (Å²) in [6.45, 7) is 5.98. The molecule has 0 spiro atoms. The Kier molecular flexibility index (Phi) is 2.97. The van der Waals surface area contributed by atoms with Gasteiger partial charge in [0.05, 0.1) is 12.1 Å². The third-order valence-electron chi connectivity index (χ3n) is 2.24. The molecule has 0 aliphatic carbocycles. The minimum Gasteiger partial charge on any atom is -0.340 e. The predicted molar refractivity (Wildman–Crippen MR) is 60.6 cm³/mol. The van der Waals surface area contributed by atoms with E-state index in [1.54, 1.807) is 0 Å². The number of H-pyrrole nitrogens is 1. The lowest BCUT2D eigenvalue weighted by Gasteiger charge is -1.97. The molecule has 15 heavy (non-hydrogen) atoms. The molecule has 2 N–H and O–H groups in total. The van der Waals surface area contributed by atoms with Crippen molar-refractivity contribution in [1.82, 2.24) is 20.3 Å². The van der Waals surface area contributed by atoms with E-state index in [2.05, 4.69) is 33.3 Å². The van der Waals surface area contributed by atoms with Crippen molar-refractivity contribution in [1.29, 1.82) is 0 Å². The Hall–Kier alpha value is -1.42. The zero-order valence-electron chi connectivity index (χ0n) is 9.17. The number of nitrogens with zero attached hydrogens (tertiary/aromatic N) is 2. The van der Waals surface area contributed by atoms with Gasteiger partial charge in [-0.3, -0.25) is 0 Å². The van der Waals surface area contributed by atoms with Gasteiger partial charge in [0, 0.05) is 6.20 Å². The largest absolute Gasteiger partial charge is 0.340 e. The van der Waals surface area contributed by atoms with Gasteiger partial charge in [0.25, 0.3) is 0 Å². The van der Waals surface area contributed by atoms with Gasteiger partial charge in [-0.05, 0) is 31.5 Å². The van der Waals surface area contributed by atoms with Crippen molar-refractivity contribution in [3.05, 3.63) is 23.7 Å². The molecular formula is C11H16N4. The van der Waals surface area contributed by atoms with Crippen LogP contribution in [0.15, 0.2) is 12.3 Å². The van der Waals surface area contributed by atoms with Crippen molar-refractivity contribution in [3.63, 3.8) is 0 Å². The zero-order chi connectivity index (χ0) is 10.7. The Balaban J connectivity index is 2.16.